The lowest BCUT2D eigenvalue weighted by molar-refractivity contribution is 0.134. The molecule has 0 saturated heterocycles. The molecule has 0 bridgehead atoms. The maximum atomic E-state index is 12.8. The van der Waals surface area contributed by atoms with Crippen LogP contribution in [-0.4, -0.2) is 13.2 Å². The van der Waals surface area contributed by atoms with Crippen LogP contribution in [0.25, 0.3) is 0 Å². The van der Waals surface area contributed by atoms with Crippen molar-refractivity contribution < 1.29 is 9.13 Å². The third kappa shape index (κ3) is 4.38. The van der Waals surface area contributed by atoms with Gasteiger partial charge in [-0.05, 0) is 30.5 Å². The van der Waals surface area contributed by atoms with Crippen molar-refractivity contribution in [3.63, 3.8) is 0 Å². The lowest BCUT2D eigenvalue weighted by Gasteiger charge is -2.03. The number of rotatable bonds is 6. The fraction of sp³-hybridized carbons (Fsp3) is 0.500. The maximum absolute atomic E-state index is 12.8. The Morgan fingerprint density at radius 1 is 1.29 bits per heavy atom. The largest absolute Gasteiger partial charge is 0.381 e. The van der Waals surface area contributed by atoms with Crippen molar-refractivity contribution in [1.82, 2.24) is 0 Å². The summed E-state index contributed by atoms with van der Waals surface area (Å²) in [6, 6.07) is 6.67. The van der Waals surface area contributed by atoms with Crippen LogP contribution in [0.1, 0.15) is 25.3 Å². The monoisotopic (exact) mass is 196 g/mol. The molecule has 0 aromatic heterocycles. The molecule has 2 heteroatoms. The quantitative estimate of drug-likeness (QED) is 0.635. The van der Waals surface area contributed by atoms with Gasteiger partial charge in [0.05, 0.1) is 6.61 Å². The zero-order valence-electron chi connectivity index (χ0n) is 8.63. The highest BCUT2D eigenvalue weighted by Crippen LogP contribution is 2.04. The van der Waals surface area contributed by atoms with Gasteiger partial charge in [-0.1, -0.05) is 25.5 Å². The number of benzene rings is 1. The van der Waals surface area contributed by atoms with Crippen molar-refractivity contribution in [3.8, 4) is 0 Å². The van der Waals surface area contributed by atoms with E-state index in [1.807, 2.05) is 6.07 Å². The number of hydrogen-bond acceptors (Lipinski definition) is 1. The van der Waals surface area contributed by atoms with E-state index in [1.165, 1.54) is 6.07 Å². The van der Waals surface area contributed by atoms with Crippen molar-refractivity contribution in [1.29, 1.82) is 0 Å². The minimum Gasteiger partial charge on any atom is -0.381 e. The van der Waals surface area contributed by atoms with Gasteiger partial charge in [-0.25, -0.2) is 4.39 Å². The fourth-order valence-electron chi connectivity index (χ4n) is 1.23. The summed E-state index contributed by atoms with van der Waals surface area (Å²) in [4.78, 5) is 0. The highest BCUT2D eigenvalue weighted by Gasteiger charge is 1.95. The smallest absolute Gasteiger partial charge is 0.123 e. The molecule has 0 fully saturated rings. The van der Waals surface area contributed by atoms with E-state index < -0.39 is 0 Å². The van der Waals surface area contributed by atoms with Crippen LogP contribution in [0.2, 0.25) is 0 Å². The van der Waals surface area contributed by atoms with Crippen LogP contribution in [0.15, 0.2) is 24.3 Å². The summed E-state index contributed by atoms with van der Waals surface area (Å²) in [7, 11) is 0. The average Bonchev–Trinajstić information content (AvgIpc) is 2.18. The first kappa shape index (κ1) is 11.2. The van der Waals surface area contributed by atoms with Crippen molar-refractivity contribution in [2.75, 3.05) is 13.2 Å². The topological polar surface area (TPSA) is 9.23 Å². The Morgan fingerprint density at radius 2 is 2.14 bits per heavy atom. The highest BCUT2D eigenvalue weighted by molar-refractivity contribution is 5.16. The maximum Gasteiger partial charge on any atom is 0.123 e. The van der Waals surface area contributed by atoms with Crippen molar-refractivity contribution >= 4 is 0 Å². The first-order valence-corrected chi connectivity index (χ1v) is 5.15. The normalized spacial score (nSPS) is 10.4. The van der Waals surface area contributed by atoms with Crippen molar-refractivity contribution in [2.45, 2.75) is 26.2 Å². The van der Waals surface area contributed by atoms with Crippen LogP contribution >= 0.6 is 0 Å². The number of ether oxygens (including phenoxy) is 1. The molecule has 1 nitrogen and oxygen atoms in total. The van der Waals surface area contributed by atoms with Crippen LogP contribution in [-0.2, 0) is 11.2 Å². The summed E-state index contributed by atoms with van der Waals surface area (Å²) < 4.78 is 18.2. The van der Waals surface area contributed by atoms with Crippen molar-refractivity contribution in [3.05, 3.63) is 35.6 Å². The molecule has 0 heterocycles. The van der Waals surface area contributed by atoms with Crippen molar-refractivity contribution in [2.24, 2.45) is 0 Å². The van der Waals surface area contributed by atoms with Gasteiger partial charge in [0.15, 0.2) is 0 Å². The van der Waals surface area contributed by atoms with Crippen LogP contribution < -0.4 is 0 Å². The predicted octanol–water partition coefficient (Wildman–Crippen LogP) is 3.18. The highest BCUT2D eigenvalue weighted by atomic mass is 19.1. The summed E-state index contributed by atoms with van der Waals surface area (Å²) in [6.07, 6.45) is 3.05. The van der Waals surface area contributed by atoms with Gasteiger partial charge in [0, 0.05) is 6.61 Å². The first-order chi connectivity index (χ1) is 6.83. The van der Waals surface area contributed by atoms with Gasteiger partial charge in [-0.2, -0.15) is 0 Å². The Hall–Kier alpha value is -0.890. The summed E-state index contributed by atoms with van der Waals surface area (Å²) in [5, 5.41) is 0. The Bertz CT molecular complexity index is 260. The van der Waals surface area contributed by atoms with E-state index in [4.69, 9.17) is 4.74 Å². The second-order valence-corrected chi connectivity index (χ2v) is 3.35. The molecule has 0 spiro atoms. The molecule has 1 aromatic carbocycles. The van der Waals surface area contributed by atoms with E-state index in [9.17, 15) is 4.39 Å². The zero-order chi connectivity index (χ0) is 10.2. The fourth-order valence-corrected chi connectivity index (χ4v) is 1.23. The molecule has 0 atom stereocenters. The number of unbranched alkanes of at least 4 members (excludes halogenated alkanes) is 1. The Labute approximate surface area is 84.9 Å². The van der Waals surface area contributed by atoms with E-state index in [-0.39, 0.29) is 5.82 Å². The molecule has 0 N–H and O–H groups in total. The molecule has 1 rings (SSSR count). The van der Waals surface area contributed by atoms with Gasteiger partial charge in [0.1, 0.15) is 5.82 Å². The lowest BCUT2D eigenvalue weighted by atomic mass is 10.1. The van der Waals surface area contributed by atoms with Gasteiger partial charge in [-0.3, -0.25) is 0 Å². The minimum atomic E-state index is -0.170. The van der Waals surface area contributed by atoms with Crippen LogP contribution in [0, 0.1) is 5.82 Å². The molecule has 0 aliphatic heterocycles. The van der Waals surface area contributed by atoms with Crippen LogP contribution in [0.3, 0.4) is 0 Å². The molecule has 0 aliphatic carbocycles. The minimum absolute atomic E-state index is 0.170. The van der Waals surface area contributed by atoms with E-state index >= 15 is 0 Å². The zero-order valence-corrected chi connectivity index (χ0v) is 8.63. The van der Waals surface area contributed by atoms with Gasteiger partial charge in [0.25, 0.3) is 0 Å². The summed E-state index contributed by atoms with van der Waals surface area (Å²) in [6.45, 7) is 3.63. The van der Waals surface area contributed by atoms with E-state index in [0.717, 1.165) is 31.4 Å². The molecule has 0 saturated carbocycles. The predicted molar refractivity (Wildman–Crippen MR) is 55.8 cm³/mol. The van der Waals surface area contributed by atoms with E-state index in [2.05, 4.69) is 6.92 Å². The molecule has 0 unspecified atom stereocenters. The summed E-state index contributed by atoms with van der Waals surface area (Å²) >= 11 is 0. The lowest BCUT2D eigenvalue weighted by Crippen LogP contribution is -2.00. The third-order valence-electron chi connectivity index (χ3n) is 2.07. The summed E-state index contributed by atoms with van der Waals surface area (Å²) in [5.41, 5.74) is 1.00. The Kier molecular flexibility index (Phi) is 5.23. The Morgan fingerprint density at radius 3 is 2.86 bits per heavy atom. The summed E-state index contributed by atoms with van der Waals surface area (Å²) in [5.74, 6) is -0.170. The second kappa shape index (κ2) is 6.55. The van der Waals surface area contributed by atoms with Gasteiger partial charge in [-0.15, -0.1) is 0 Å². The SMILES string of the molecule is CCCCOCCc1cccc(F)c1. The standard InChI is InChI=1S/C12H17FO/c1-2-3-8-14-9-7-11-5-4-6-12(13)10-11/h4-6,10H,2-3,7-9H2,1H3. The average molecular weight is 196 g/mol. The molecular weight excluding hydrogens is 179 g/mol. The second-order valence-electron chi connectivity index (χ2n) is 3.35. The van der Waals surface area contributed by atoms with Crippen LogP contribution in [0.4, 0.5) is 4.39 Å². The molecular formula is C12H17FO. The van der Waals surface area contributed by atoms with Gasteiger partial charge >= 0.3 is 0 Å². The van der Waals surface area contributed by atoms with Gasteiger partial charge in [0.2, 0.25) is 0 Å². The first-order valence-electron chi connectivity index (χ1n) is 5.15. The van der Waals surface area contributed by atoms with E-state index in [0.29, 0.717) is 6.61 Å². The molecule has 0 amide bonds. The van der Waals surface area contributed by atoms with Gasteiger partial charge < -0.3 is 4.74 Å². The molecule has 0 aliphatic rings. The number of halogens is 1. The third-order valence-corrected chi connectivity index (χ3v) is 2.07. The molecule has 1 aromatic rings. The Balaban J connectivity index is 2.18. The number of hydrogen-bond donors (Lipinski definition) is 0. The van der Waals surface area contributed by atoms with Crippen LogP contribution in [0.5, 0.6) is 0 Å². The van der Waals surface area contributed by atoms with E-state index in [1.54, 1.807) is 12.1 Å². The molecule has 0 radical (unpaired) electrons. The molecule has 78 valence electrons. The molecule has 14 heavy (non-hydrogen) atoms.